The molecule has 0 aliphatic rings. The minimum absolute atomic E-state index is 0.0184. The maximum Gasteiger partial charge on any atom is 0.243 e. The van der Waals surface area contributed by atoms with E-state index in [-0.39, 0.29) is 43.4 Å². The van der Waals surface area contributed by atoms with E-state index in [1.54, 1.807) is 0 Å². The summed E-state index contributed by atoms with van der Waals surface area (Å²) in [6.07, 6.45) is 26.7. The Labute approximate surface area is 453 Å². The summed E-state index contributed by atoms with van der Waals surface area (Å²) < 4.78 is 0. The van der Waals surface area contributed by atoms with E-state index in [9.17, 15) is 33.6 Å². The summed E-state index contributed by atoms with van der Waals surface area (Å²) in [4.78, 5) is 92.3. The van der Waals surface area contributed by atoms with Crippen molar-refractivity contribution in [1.29, 1.82) is 0 Å². The Morgan fingerprint density at radius 3 is 1.35 bits per heavy atom. The molecular weight excluding hydrogens is 949 g/mol. The maximum absolute atomic E-state index is 13.9. The highest BCUT2D eigenvalue weighted by atomic mass is 16.2. The average molecular weight is 1060 g/mol. The largest absolute Gasteiger partial charge is 0.368 e. The second-order valence-electron chi connectivity index (χ2n) is 21.3. The SMILES string of the molecule is CCCCCCCCCCCCC#CC#CCCCCCCCCC(=O)NCCCC[C@H](NC(=O)[C@H](C)NC(=O)[C@H](CC(C)C)NC(=O)[C@H](CC(C)C)NC(=O)[C@H](CCCCN)NC(=O)[C@@H](N)CCCCN)C(N)=O. The normalized spacial score (nSPS) is 13.4. The molecule has 430 valence electrons. The van der Waals surface area contributed by atoms with Crippen molar-refractivity contribution < 1.29 is 33.6 Å². The van der Waals surface area contributed by atoms with Gasteiger partial charge >= 0.3 is 0 Å². The summed E-state index contributed by atoms with van der Waals surface area (Å²) in [5.74, 6) is 8.65. The number of rotatable bonds is 46. The first-order chi connectivity index (χ1) is 36.0. The van der Waals surface area contributed by atoms with Gasteiger partial charge in [0, 0.05) is 25.8 Å². The van der Waals surface area contributed by atoms with Gasteiger partial charge in [-0.1, -0.05) is 136 Å². The quantitative estimate of drug-likeness (QED) is 0.0239. The van der Waals surface area contributed by atoms with Crippen molar-refractivity contribution in [2.75, 3.05) is 19.6 Å². The van der Waals surface area contributed by atoms with Crippen LogP contribution in [0.2, 0.25) is 0 Å². The van der Waals surface area contributed by atoms with E-state index in [1.165, 1.54) is 71.1 Å². The van der Waals surface area contributed by atoms with Crippen LogP contribution in [0.15, 0.2) is 0 Å². The molecular formula is C58H106N10O7. The van der Waals surface area contributed by atoms with Crippen molar-refractivity contribution in [3.63, 3.8) is 0 Å². The molecule has 0 saturated heterocycles. The van der Waals surface area contributed by atoms with Crippen LogP contribution in [0.25, 0.3) is 0 Å². The number of carbonyl (C=O) groups is 7. The van der Waals surface area contributed by atoms with Crippen molar-refractivity contribution in [3.05, 3.63) is 0 Å². The lowest BCUT2D eigenvalue weighted by Crippen LogP contribution is -2.59. The van der Waals surface area contributed by atoms with Crippen LogP contribution in [0.4, 0.5) is 0 Å². The van der Waals surface area contributed by atoms with Crippen molar-refractivity contribution >= 4 is 41.4 Å². The van der Waals surface area contributed by atoms with Gasteiger partial charge in [0.15, 0.2) is 0 Å². The molecule has 0 aliphatic carbocycles. The van der Waals surface area contributed by atoms with Crippen LogP contribution in [-0.2, 0) is 33.6 Å². The molecule has 17 nitrogen and oxygen atoms in total. The van der Waals surface area contributed by atoms with Gasteiger partial charge in [0.1, 0.15) is 30.2 Å². The van der Waals surface area contributed by atoms with E-state index >= 15 is 0 Å². The third kappa shape index (κ3) is 39.4. The van der Waals surface area contributed by atoms with Crippen LogP contribution in [-0.4, -0.2) is 97.2 Å². The number of nitrogens with two attached hydrogens (primary N) is 4. The van der Waals surface area contributed by atoms with Gasteiger partial charge in [-0.2, -0.15) is 0 Å². The lowest BCUT2D eigenvalue weighted by Gasteiger charge is -2.28. The van der Waals surface area contributed by atoms with E-state index in [2.05, 4.69) is 62.5 Å². The first-order valence-corrected chi connectivity index (χ1v) is 29.2. The number of unbranched alkanes of at least 4 members (excludes halogenated alkanes) is 19. The minimum Gasteiger partial charge on any atom is -0.368 e. The number of hydrogen-bond acceptors (Lipinski definition) is 10. The molecule has 0 heterocycles. The Morgan fingerprint density at radius 1 is 0.440 bits per heavy atom. The Bertz CT molecular complexity index is 1720. The van der Waals surface area contributed by atoms with Crippen LogP contribution in [0, 0.1) is 35.5 Å². The van der Waals surface area contributed by atoms with E-state index in [0.29, 0.717) is 71.0 Å². The Morgan fingerprint density at radius 2 is 0.853 bits per heavy atom. The summed E-state index contributed by atoms with van der Waals surface area (Å²) in [5.41, 5.74) is 23.0. The molecule has 0 rings (SSSR count). The monoisotopic (exact) mass is 1050 g/mol. The summed E-state index contributed by atoms with van der Waals surface area (Å²) in [6, 6.07) is -6.01. The Kier molecular flexibility index (Phi) is 43.7. The van der Waals surface area contributed by atoms with E-state index in [1.807, 2.05) is 27.7 Å². The molecule has 0 saturated carbocycles. The van der Waals surface area contributed by atoms with E-state index < -0.39 is 71.7 Å². The fraction of sp³-hybridized carbons (Fsp3) is 0.810. The molecule has 0 aromatic heterocycles. The summed E-state index contributed by atoms with van der Waals surface area (Å²) >= 11 is 0. The van der Waals surface area contributed by atoms with E-state index in [4.69, 9.17) is 22.9 Å². The molecule has 0 spiro atoms. The van der Waals surface area contributed by atoms with Gasteiger partial charge < -0.3 is 54.8 Å². The lowest BCUT2D eigenvalue weighted by molar-refractivity contribution is -0.135. The van der Waals surface area contributed by atoms with Gasteiger partial charge in [0.05, 0.1) is 6.04 Å². The standard InChI is InChI=1S/C58H106N10O7/c1-7-8-9-10-11-12-13-14-15-16-17-18-19-20-21-22-23-24-25-26-27-28-38-52(69)63-41-34-31-36-48(53(62)70)65-54(71)46(6)64-57(74)50(42-44(2)3)68-58(75)51(43-45(4)5)67-56(73)49(37-30-33-40-60)66-55(72)47(61)35-29-32-39-59/h44-51H,7-17,22-43,59-61H2,1-6H3,(H2,62,70)(H,63,69)(H,64,74)(H,65,71)(H,66,72)(H,67,73)(H,68,75)/t46-,47-,48-,49-,50-,51-/m0/s1. The van der Waals surface area contributed by atoms with Crippen molar-refractivity contribution in [2.24, 2.45) is 34.8 Å². The number of hydrogen-bond donors (Lipinski definition) is 10. The molecule has 17 heteroatoms. The topological polar surface area (TPSA) is 296 Å². The van der Waals surface area contributed by atoms with Gasteiger partial charge in [0.25, 0.3) is 0 Å². The molecule has 0 bridgehead atoms. The maximum atomic E-state index is 13.9. The summed E-state index contributed by atoms with van der Waals surface area (Å²) in [7, 11) is 0. The van der Waals surface area contributed by atoms with Gasteiger partial charge in [-0.05, 0) is 127 Å². The predicted octanol–water partition coefficient (Wildman–Crippen LogP) is 6.32. The highest BCUT2D eigenvalue weighted by molar-refractivity contribution is 5.96. The summed E-state index contributed by atoms with van der Waals surface area (Å²) in [6.45, 7) is 12.6. The van der Waals surface area contributed by atoms with E-state index in [0.717, 1.165) is 51.4 Å². The Hall–Kier alpha value is -4.71. The fourth-order valence-corrected chi connectivity index (χ4v) is 8.50. The van der Waals surface area contributed by atoms with Crippen LogP contribution in [0.5, 0.6) is 0 Å². The smallest absolute Gasteiger partial charge is 0.243 e. The van der Waals surface area contributed by atoms with Crippen molar-refractivity contribution in [3.8, 4) is 23.7 Å². The molecule has 0 aromatic rings. The predicted molar refractivity (Wildman–Crippen MR) is 303 cm³/mol. The molecule has 7 amide bonds. The first-order valence-electron chi connectivity index (χ1n) is 29.2. The Balaban J connectivity index is 4.84. The van der Waals surface area contributed by atoms with Gasteiger partial charge in [-0.3, -0.25) is 33.6 Å². The number of carbonyl (C=O) groups excluding carboxylic acids is 7. The minimum atomic E-state index is -1.09. The fourth-order valence-electron chi connectivity index (χ4n) is 8.50. The third-order valence-electron chi connectivity index (χ3n) is 13.1. The van der Waals surface area contributed by atoms with Crippen LogP contribution >= 0.6 is 0 Å². The highest BCUT2D eigenvalue weighted by Gasteiger charge is 2.32. The molecule has 0 aromatic carbocycles. The molecule has 0 aliphatic heterocycles. The zero-order valence-electron chi connectivity index (χ0n) is 47.6. The lowest BCUT2D eigenvalue weighted by atomic mass is 9.99. The zero-order valence-corrected chi connectivity index (χ0v) is 47.6. The van der Waals surface area contributed by atoms with Gasteiger partial charge in [-0.25, -0.2) is 0 Å². The highest BCUT2D eigenvalue weighted by Crippen LogP contribution is 2.14. The number of nitrogens with one attached hydrogen (secondary N) is 6. The van der Waals surface area contributed by atoms with Crippen molar-refractivity contribution in [2.45, 2.75) is 270 Å². The second-order valence-corrected chi connectivity index (χ2v) is 21.3. The number of primary amides is 1. The third-order valence-corrected chi connectivity index (χ3v) is 13.1. The van der Waals surface area contributed by atoms with Crippen LogP contribution < -0.4 is 54.8 Å². The molecule has 0 unspecified atom stereocenters. The number of amides is 7. The molecule has 14 N–H and O–H groups in total. The molecule has 75 heavy (non-hydrogen) atoms. The molecule has 6 atom stereocenters. The molecule has 0 fully saturated rings. The average Bonchev–Trinajstić information content (AvgIpc) is 3.36. The van der Waals surface area contributed by atoms with Crippen LogP contribution in [0.1, 0.15) is 234 Å². The first kappa shape index (κ1) is 70.3. The van der Waals surface area contributed by atoms with Crippen LogP contribution in [0.3, 0.4) is 0 Å². The summed E-state index contributed by atoms with van der Waals surface area (Å²) in [5, 5.41) is 16.6. The second kappa shape index (κ2) is 46.6. The van der Waals surface area contributed by atoms with Crippen molar-refractivity contribution in [1.82, 2.24) is 31.9 Å². The zero-order chi connectivity index (χ0) is 56.1. The van der Waals surface area contributed by atoms with Gasteiger partial charge in [-0.15, -0.1) is 0 Å². The van der Waals surface area contributed by atoms with Gasteiger partial charge in [0.2, 0.25) is 41.4 Å². The molecule has 0 radical (unpaired) electrons.